The number of hydrogen-bond acceptors (Lipinski definition) is 3. The second kappa shape index (κ2) is 8.00. The Hall–Kier alpha value is -2.86. The van der Waals surface area contributed by atoms with Gasteiger partial charge < -0.3 is 9.09 Å². The predicted octanol–water partition coefficient (Wildman–Crippen LogP) is 5.66. The first-order valence-corrected chi connectivity index (χ1v) is 14.0. The first kappa shape index (κ1) is 20.1. The molecule has 1 aliphatic heterocycles. The normalized spacial score (nSPS) is 17.3. The van der Waals surface area contributed by atoms with Gasteiger partial charge in [0, 0.05) is 28.5 Å². The zero-order valence-electron chi connectivity index (χ0n) is 16.9. The van der Waals surface area contributed by atoms with Gasteiger partial charge in [0.15, 0.2) is 0 Å². The van der Waals surface area contributed by atoms with Gasteiger partial charge in [0.25, 0.3) is 7.37 Å². The molecule has 0 aliphatic carbocycles. The van der Waals surface area contributed by atoms with Crippen LogP contribution in [0, 0.1) is 0 Å². The van der Waals surface area contributed by atoms with Crippen LogP contribution in [0.25, 0.3) is 11.1 Å². The summed E-state index contributed by atoms with van der Waals surface area (Å²) in [7, 11) is -6.23. The largest absolute Gasteiger partial charge is 0.439 e. The van der Waals surface area contributed by atoms with Crippen LogP contribution >= 0.6 is 14.5 Å². The van der Waals surface area contributed by atoms with Gasteiger partial charge in [0.1, 0.15) is 12.9 Å². The summed E-state index contributed by atoms with van der Waals surface area (Å²) >= 11 is 0. The molecule has 0 aromatic heterocycles. The Labute approximate surface area is 182 Å². The monoisotopic (exact) mass is 444 g/mol. The van der Waals surface area contributed by atoms with Crippen LogP contribution in [-0.2, 0) is 9.13 Å². The standard InChI is InChI=1S/C26H22O3P2/c27-30(21-11-3-1-4-12-21,22-13-5-2-6-14-22)19-20-31(28)26-18-10-8-16-24(26)23-15-7-9-17-25(23)29-31/h1-18H,19-20H2. The van der Waals surface area contributed by atoms with E-state index >= 15 is 0 Å². The molecule has 1 unspecified atom stereocenters. The number of rotatable bonds is 5. The van der Waals surface area contributed by atoms with E-state index in [4.69, 9.17) is 4.52 Å². The molecule has 5 heteroatoms. The minimum absolute atomic E-state index is 0.208. The minimum atomic E-state index is -3.25. The molecule has 0 amide bonds. The number of fused-ring (bicyclic) bond motifs is 3. The molecule has 31 heavy (non-hydrogen) atoms. The van der Waals surface area contributed by atoms with E-state index in [0.29, 0.717) is 11.1 Å². The summed E-state index contributed by atoms with van der Waals surface area (Å²) in [5.74, 6) is 0.624. The van der Waals surface area contributed by atoms with Crippen LogP contribution in [0.1, 0.15) is 0 Å². The molecule has 1 aliphatic rings. The third-order valence-corrected chi connectivity index (χ3v) is 11.6. The van der Waals surface area contributed by atoms with Crippen molar-refractivity contribution in [2.24, 2.45) is 0 Å². The molecule has 0 radical (unpaired) electrons. The fraction of sp³-hybridized carbons (Fsp3) is 0.0769. The van der Waals surface area contributed by atoms with Crippen molar-refractivity contribution in [2.45, 2.75) is 0 Å². The van der Waals surface area contributed by atoms with E-state index in [0.717, 1.165) is 21.7 Å². The van der Waals surface area contributed by atoms with Gasteiger partial charge in [-0.3, -0.25) is 4.57 Å². The van der Waals surface area contributed by atoms with Crippen LogP contribution in [0.5, 0.6) is 5.75 Å². The van der Waals surface area contributed by atoms with Gasteiger partial charge in [-0.25, -0.2) is 0 Å². The van der Waals surface area contributed by atoms with E-state index in [-0.39, 0.29) is 12.3 Å². The van der Waals surface area contributed by atoms with E-state index in [9.17, 15) is 9.13 Å². The highest BCUT2D eigenvalue weighted by Gasteiger charge is 2.38. The van der Waals surface area contributed by atoms with Gasteiger partial charge in [-0.15, -0.1) is 0 Å². The van der Waals surface area contributed by atoms with Crippen LogP contribution in [0.4, 0.5) is 0 Å². The van der Waals surface area contributed by atoms with Crippen molar-refractivity contribution in [1.82, 2.24) is 0 Å². The summed E-state index contributed by atoms with van der Waals surface area (Å²) in [5.41, 5.74) is 1.88. The lowest BCUT2D eigenvalue weighted by Gasteiger charge is -2.30. The molecule has 4 aromatic carbocycles. The van der Waals surface area contributed by atoms with Gasteiger partial charge in [-0.2, -0.15) is 0 Å². The Balaban J connectivity index is 1.56. The molecule has 1 heterocycles. The smallest absolute Gasteiger partial charge is 0.278 e. The zero-order chi connectivity index (χ0) is 21.3. The molecule has 1 atom stereocenters. The molecule has 3 nitrogen and oxygen atoms in total. The summed E-state index contributed by atoms with van der Waals surface area (Å²) in [6, 6.07) is 34.4. The number of benzene rings is 4. The average molecular weight is 444 g/mol. The van der Waals surface area contributed by atoms with Gasteiger partial charge in [-0.1, -0.05) is 97.1 Å². The molecular weight excluding hydrogens is 422 g/mol. The maximum Gasteiger partial charge on any atom is 0.278 e. The van der Waals surface area contributed by atoms with Crippen molar-refractivity contribution >= 4 is 30.4 Å². The number of para-hydroxylation sites is 1. The highest BCUT2D eigenvalue weighted by Crippen LogP contribution is 2.57. The molecule has 0 spiro atoms. The van der Waals surface area contributed by atoms with E-state index in [1.807, 2.05) is 109 Å². The Kier molecular flexibility index (Phi) is 5.18. The summed E-state index contributed by atoms with van der Waals surface area (Å²) in [4.78, 5) is 0. The van der Waals surface area contributed by atoms with E-state index in [1.54, 1.807) is 0 Å². The third-order valence-electron chi connectivity index (χ3n) is 5.75. The fourth-order valence-electron chi connectivity index (χ4n) is 4.16. The first-order chi connectivity index (χ1) is 15.1. The quantitative estimate of drug-likeness (QED) is 0.373. The highest BCUT2D eigenvalue weighted by molar-refractivity contribution is 7.79. The first-order valence-electron chi connectivity index (χ1n) is 10.3. The Morgan fingerprint density at radius 1 is 0.645 bits per heavy atom. The second-order valence-electron chi connectivity index (χ2n) is 7.64. The minimum Gasteiger partial charge on any atom is -0.439 e. The lowest BCUT2D eigenvalue weighted by molar-refractivity contribution is 0.492. The Bertz CT molecular complexity index is 1270. The maximum absolute atomic E-state index is 14.4. The highest BCUT2D eigenvalue weighted by atomic mass is 31.2. The van der Waals surface area contributed by atoms with E-state index < -0.39 is 14.5 Å². The van der Waals surface area contributed by atoms with Crippen LogP contribution in [0.3, 0.4) is 0 Å². The molecular formula is C26H22O3P2. The molecule has 5 rings (SSSR count). The van der Waals surface area contributed by atoms with E-state index in [2.05, 4.69) is 0 Å². The molecule has 154 valence electrons. The molecule has 0 N–H and O–H groups in total. The molecule has 0 saturated carbocycles. The maximum atomic E-state index is 14.4. The van der Waals surface area contributed by atoms with Crippen LogP contribution in [-0.4, -0.2) is 12.3 Å². The van der Waals surface area contributed by atoms with Crippen LogP contribution in [0.15, 0.2) is 109 Å². The lowest BCUT2D eigenvalue weighted by Crippen LogP contribution is -2.24. The summed E-state index contributed by atoms with van der Waals surface area (Å²) in [5, 5.41) is 2.26. The fourth-order valence-corrected chi connectivity index (χ4v) is 10.2. The van der Waals surface area contributed by atoms with Crippen molar-refractivity contribution < 1.29 is 13.7 Å². The van der Waals surface area contributed by atoms with Gasteiger partial charge in [-0.05, 0) is 17.7 Å². The van der Waals surface area contributed by atoms with Crippen molar-refractivity contribution in [1.29, 1.82) is 0 Å². The molecule has 0 fully saturated rings. The van der Waals surface area contributed by atoms with Crippen molar-refractivity contribution in [2.75, 3.05) is 12.3 Å². The second-order valence-corrected chi connectivity index (χ2v) is 13.1. The summed E-state index contributed by atoms with van der Waals surface area (Å²) in [6.45, 7) is 0. The van der Waals surface area contributed by atoms with E-state index in [1.165, 1.54) is 0 Å². The summed E-state index contributed by atoms with van der Waals surface area (Å²) in [6.07, 6.45) is 0.480. The van der Waals surface area contributed by atoms with Gasteiger partial charge >= 0.3 is 0 Å². The Morgan fingerprint density at radius 2 is 1.16 bits per heavy atom. The summed E-state index contributed by atoms with van der Waals surface area (Å²) < 4.78 is 34.7. The molecule has 0 saturated heterocycles. The topological polar surface area (TPSA) is 43.4 Å². The third kappa shape index (κ3) is 3.59. The van der Waals surface area contributed by atoms with Crippen molar-refractivity contribution in [3.05, 3.63) is 109 Å². The zero-order valence-corrected chi connectivity index (χ0v) is 18.7. The average Bonchev–Trinajstić information content (AvgIpc) is 2.84. The predicted molar refractivity (Wildman–Crippen MR) is 129 cm³/mol. The van der Waals surface area contributed by atoms with Gasteiger partial charge in [0.05, 0.1) is 5.30 Å². The van der Waals surface area contributed by atoms with Crippen molar-refractivity contribution in [3.63, 3.8) is 0 Å². The Morgan fingerprint density at radius 3 is 1.81 bits per heavy atom. The molecule has 4 aromatic rings. The molecule has 0 bridgehead atoms. The lowest BCUT2D eigenvalue weighted by atomic mass is 10.0. The van der Waals surface area contributed by atoms with Crippen LogP contribution in [0.2, 0.25) is 0 Å². The SMILES string of the molecule is O=P1(CCP(=O)(c2ccccc2)c2ccccc2)Oc2ccccc2-c2ccccc21. The number of hydrogen-bond donors (Lipinski definition) is 0. The van der Waals surface area contributed by atoms with Crippen molar-refractivity contribution in [3.8, 4) is 16.9 Å². The van der Waals surface area contributed by atoms with Crippen LogP contribution < -0.4 is 20.4 Å². The van der Waals surface area contributed by atoms with Gasteiger partial charge in [0.2, 0.25) is 0 Å².